The molecule has 1 amide bonds. The maximum Gasteiger partial charge on any atom is 0.263 e. The van der Waals surface area contributed by atoms with E-state index in [1.807, 2.05) is 30.3 Å². The lowest BCUT2D eigenvalue weighted by atomic mass is 10.1. The van der Waals surface area contributed by atoms with Crippen LogP contribution >= 0.6 is 0 Å². The van der Waals surface area contributed by atoms with Gasteiger partial charge in [0.2, 0.25) is 5.88 Å². The van der Waals surface area contributed by atoms with Crippen molar-refractivity contribution in [1.29, 1.82) is 0 Å². The number of fused-ring (bicyclic) bond motifs is 3. The van der Waals surface area contributed by atoms with Crippen LogP contribution in [-0.4, -0.2) is 16.0 Å². The van der Waals surface area contributed by atoms with Gasteiger partial charge in [-0.2, -0.15) is 0 Å². The second-order valence-corrected chi connectivity index (χ2v) is 6.67. The molecule has 0 atom stereocenters. The number of pyridine rings is 1. The van der Waals surface area contributed by atoms with Crippen LogP contribution < -0.4 is 11.1 Å². The molecule has 2 aromatic carbocycles. The molecule has 0 unspecified atom stereocenters. The third kappa shape index (κ3) is 2.63. The van der Waals surface area contributed by atoms with Crippen LogP contribution in [0.25, 0.3) is 22.4 Å². The summed E-state index contributed by atoms with van der Waals surface area (Å²) in [5, 5.41) is 6.86. The second-order valence-electron chi connectivity index (χ2n) is 6.67. The minimum atomic E-state index is -0.360. The number of amides is 1. The van der Waals surface area contributed by atoms with Crippen molar-refractivity contribution in [3.05, 3.63) is 83.7 Å². The summed E-state index contributed by atoms with van der Waals surface area (Å²) < 4.78 is 5.07. The van der Waals surface area contributed by atoms with E-state index in [2.05, 4.69) is 27.6 Å². The molecule has 0 bridgehead atoms. The lowest BCUT2D eigenvalue weighted by molar-refractivity contribution is 0.102. The van der Waals surface area contributed by atoms with Gasteiger partial charge in [-0.05, 0) is 52.9 Å². The van der Waals surface area contributed by atoms with Gasteiger partial charge in [-0.15, -0.1) is 0 Å². The Balaban J connectivity index is 1.45. The SMILES string of the molecule is Nc1onc(-c2ccncc2)c1C(=O)Nc1ccc2c(c1)Cc1ccccc1-2. The minimum absolute atomic E-state index is 0.0159. The topological polar surface area (TPSA) is 94.0 Å². The third-order valence-electron chi connectivity index (χ3n) is 4.95. The van der Waals surface area contributed by atoms with Crippen molar-refractivity contribution in [2.45, 2.75) is 6.42 Å². The number of hydrogen-bond acceptors (Lipinski definition) is 5. The number of hydrogen-bond donors (Lipinski definition) is 2. The van der Waals surface area contributed by atoms with Crippen molar-refractivity contribution in [3.8, 4) is 22.4 Å². The fourth-order valence-electron chi connectivity index (χ4n) is 3.65. The van der Waals surface area contributed by atoms with Gasteiger partial charge < -0.3 is 15.6 Å². The van der Waals surface area contributed by atoms with Crippen LogP contribution in [0.2, 0.25) is 0 Å². The Hall–Kier alpha value is -3.93. The minimum Gasteiger partial charge on any atom is -0.367 e. The predicted octanol–water partition coefficient (Wildman–Crippen LogP) is 4.14. The van der Waals surface area contributed by atoms with Gasteiger partial charge in [0.25, 0.3) is 5.91 Å². The van der Waals surface area contributed by atoms with Crippen LogP contribution in [-0.2, 0) is 6.42 Å². The number of aromatic nitrogens is 2. The van der Waals surface area contributed by atoms with Crippen molar-refractivity contribution >= 4 is 17.5 Å². The number of benzene rings is 2. The highest BCUT2D eigenvalue weighted by Crippen LogP contribution is 2.37. The van der Waals surface area contributed by atoms with Crippen LogP contribution in [0.5, 0.6) is 0 Å². The largest absolute Gasteiger partial charge is 0.367 e. The van der Waals surface area contributed by atoms with Crippen molar-refractivity contribution in [3.63, 3.8) is 0 Å². The zero-order valence-electron chi connectivity index (χ0n) is 14.8. The Kier molecular flexibility index (Phi) is 3.69. The Morgan fingerprint density at radius 3 is 2.64 bits per heavy atom. The molecule has 0 radical (unpaired) electrons. The van der Waals surface area contributed by atoms with E-state index in [0.717, 1.165) is 6.42 Å². The normalized spacial score (nSPS) is 11.7. The summed E-state index contributed by atoms with van der Waals surface area (Å²) in [5.41, 5.74) is 12.8. The first-order valence-electron chi connectivity index (χ1n) is 8.89. The lowest BCUT2D eigenvalue weighted by Gasteiger charge is -2.08. The molecule has 0 saturated carbocycles. The average Bonchev–Trinajstić information content (AvgIpc) is 3.28. The van der Waals surface area contributed by atoms with Gasteiger partial charge in [-0.1, -0.05) is 35.5 Å². The molecule has 6 nitrogen and oxygen atoms in total. The molecule has 0 fully saturated rings. The van der Waals surface area contributed by atoms with Crippen molar-refractivity contribution < 1.29 is 9.32 Å². The standard InChI is InChI=1S/C22H16N4O2/c23-21-19(20(26-28-21)13-7-9-24-10-8-13)22(27)25-16-5-6-18-15(12-16)11-14-3-1-2-4-17(14)18/h1-10,12H,11,23H2,(H,25,27). The first kappa shape index (κ1) is 16.3. The van der Waals surface area contributed by atoms with E-state index >= 15 is 0 Å². The summed E-state index contributed by atoms with van der Waals surface area (Å²) in [5.74, 6) is -0.376. The van der Waals surface area contributed by atoms with Crippen LogP contribution in [0.4, 0.5) is 11.6 Å². The van der Waals surface area contributed by atoms with Crippen LogP contribution in [0.1, 0.15) is 21.5 Å². The van der Waals surface area contributed by atoms with Gasteiger partial charge in [-0.3, -0.25) is 9.78 Å². The molecule has 0 aliphatic heterocycles. The highest BCUT2D eigenvalue weighted by molar-refractivity contribution is 6.11. The summed E-state index contributed by atoms with van der Waals surface area (Å²) in [4.78, 5) is 16.9. The quantitative estimate of drug-likeness (QED) is 0.499. The molecule has 4 aromatic rings. The fourth-order valence-corrected chi connectivity index (χ4v) is 3.65. The molecule has 2 heterocycles. The number of anilines is 2. The molecule has 5 rings (SSSR count). The number of carbonyl (C=O) groups is 1. The smallest absolute Gasteiger partial charge is 0.263 e. The molecule has 3 N–H and O–H groups in total. The molecule has 1 aliphatic carbocycles. The van der Waals surface area contributed by atoms with E-state index in [1.54, 1.807) is 24.5 Å². The van der Waals surface area contributed by atoms with Crippen LogP contribution in [0, 0.1) is 0 Å². The molecule has 28 heavy (non-hydrogen) atoms. The monoisotopic (exact) mass is 368 g/mol. The van der Waals surface area contributed by atoms with E-state index in [4.69, 9.17) is 10.3 Å². The van der Waals surface area contributed by atoms with E-state index in [1.165, 1.54) is 22.3 Å². The average molecular weight is 368 g/mol. The predicted molar refractivity (Wildman–Crippen MR) is 107 cm³/mol. The number of nitrogens with two attached hydrogens (primary N) is 1. The lowest BCUT2D eigenvalue weighted by Crippen LogP contribution is -2.14. The van der Waals surface area contributed by atoms with Crippen molar-refractivity contribution in [2.75, 3.05) is 11.1 Å². The molecule has 1 aliphatic rings. The molecule has 2 aromatic heterocycles. The second kappa shape index (κ2) is 6.35. The van der Waals surface area contributed by atoms with E-state index in [9.17, 15) is 4.79 Å². The number of nitrogens with zero attached hydrogens (tertiary/aromatic N) is 2. The van der Waals surface area contributed by atoms with E-state index in [-0.39, 0.29) is 17.4 Å². The molecular weight excluding hydrogens is 352 g/mol. The number of carbonyl (C=O) groups excluding carboxylic acids is 1. The van der Waals surface area contributed by atoms with E-state index in [0.29, 0.717) is 16.9 Å². The summed E-state index contributed by atoms with van der Waals surface area (Å²) in [6, 6.07) is 17.8. The van der Waals surface area contributed by atoms with Gasteiger partial charge in [0, 0.05) is 23.6 Å². The number of nitrogen functional groups attached to an aromatic ring is 1. The zero-order valence-corrected chi connectivity index (χ0v) is 14.8. The first-order valence-corrected chi connectivity index (χ1v) is 8.89. The van der Waals surface area contributed by atoms with Gasteiger partial charge in [0.15, 0.2) is 0 Å². The first-order chi connectivity index (χ1) is 13.7. The molecule has 6 heteroatoms. The Morgan fingerprint density at radius 1 is 1.00 bits per heavy atom. The summed E-state index contributed by atoms with van der Waals surface area (Å²) in [6.07, 6.45) is 4.10. The maximum atomic E-state index is 12.9. The van der Waals surface area contributed by atoms with Crippen molar-refractivity contribution in [1.82, 2.24) is 10.1 Å². The third-order valence-corrected chi connectivity index (χ3v) is 4.95. The van der Waals surface area contributed by atoms with Gasteiger partial charge in [-0.25, -0.2) is 0 Å². The zero-order chi connectivity index (χ0) is 19.1. The molecule has 0 spiro atoms. The fraction of sp³-hybridized carbons (Fsp3) is 0.0455. The molecule has 136 valence electrons. The summed E-state index contributed by atoms with van der Waals surface area (Å²) in [6.45, 7) is 0. The van der Waals surface area contributed by atoms with Gasteiger partial charge in [0.1, 0.15) is 11.3 Å². The maximum absolute atomic E-state index is 12.9. The highest BCUT2D eigenvalue weighted by atomic mass is 16.5. The van der Waals surface area contributed by atoms with Crippen LogP contribution in [0.3, 0.4) is 0 Å². The Labute approximate surface area is 161 Å². The van der Waals surface area contributed by atoms with Crippen molar-refractivity contribution in [2.24, 2.45) is 0 Å². The highest BCUT2D eigenvalue weighted by Gasteiger charge is 2.23. The Bertz CT molecular complexity index is 1200. The summed E-state index contributed by atoms with van der Waals surface area (Å²) in [7, 11) is 0. The summed E-state index contributed by atoms with van der Waals surface area (Å²) >= 11 is 0. The molecule has 0 saturated heterocycles. The number of rotatable bonds is 3. The number of nitrogens with one attached hydrogen (secondary N) is 1. The van der Waals surface area contributed by atoms with Crippen LogP contribution in [0.15, 0.2) is 71.5 Å². The molecular formula is C22H16N4O2. The Morgan fingerprint density at radius 2 is 1.79 bits per heavy atom. The van der Waals surface area contributed by atoms with Gasteiger partial charge in [0.05, 0.1) is 0 Å². The van der Waals surface area contributed by atoms with E-state index < -0.39 is 0 Å². The van der Waals surface area contributed by atoms with Gasteiger partial charge >= 0.3 is 0 Å².